The Morgan fingerprint density at radius 1 is 1.30 bits per heavy atom. The molecule has 0 spiro atoms. The lowest BCUT2D eigenvalue weighted by Gasteiger charge is -2.21. The first-order valence-corrected chi connectivity index (χ1v) is 7.51. The highest BCUT2D eigenvalue weighted by Gasteiger charge is 2.24. The van der Waals surface area contributed by atoms with Gasteiger partial charge in [-0.1, -0.05) is 11.6 Å². The predicted octanol–water partition coefficient (Wildman–Crippen LogP) is 2.11. The van der Waals surface area contributed by atoms with Gasteiger partial charge in [0.2, 0.25) is 5.28 Å². The van der Waals surface area contributed by atoms with E-state index in [1.165, 1.54) is 0 Å². The van der Waals surface area contributed by atoms with Crippen molar-refractivity contribution in [3.63, 3.8) is 0 Å². The van der Waals surface area contributed by atoms with Crippen molar-refractivity contribution < 1.29 is 4.74 Å². The van der Waals surface area contributed by atoms with E-state index in [4.69, 9.17) is 27.9 Å². The Labute approximate surface area is 129 Å². The molecule has 1 aromatic heterocycles. The van der Waals surface area contributed by atoms with E-state index in [0.717, 1.165) is 57.0 Å². The first-order chi connectivity index (χ1) is 9.61. The molecule has 0 saturated heterocycles. The van der Waals surface area contributed by atoms with Crippen molar-refractivity contribution in [3.05, 3.63) is 16.0 Å². The van der Waals surface area contributed by atoms with Crippen molar-refractivity contribution in [3.8, 4) is 0 Å². The molecule has 1 aromatic rings. The highest BCUT2D eigenvalue weighted by molar-refractivity contribution is 6.32. The van der Waals surface area contributed by atoms with Crippen LogP contribution in [0, 0.1) is 0 Å². The summed E-state index contributed by atoms with van der Waals surface area (Å²) in [7, 11) is 3.83. The standard InChI is InChI=1S/C13H20Cl2N4O/c1-18(8-9-20-2)5-3-6-19-7-4-10-11(14)16-13(15)17-12(10)19/h3-9H2,1-2H3. The van der Waals surface area contributed by atoms with Gasteiger partial charge in [0.15, 0.2) is 0 Å². The zero-order valence-corrected chi connectivity index (χ0v) is 13.4. The van der Waals surface area contributed by atoms with E-state index >= 15 is 0 Å². The molecule has 0 atom stereocenters. The fourth-order valence-corrected chi connectivity index (χ4v) is 2.82. The summed E-state index contributed by atoms with van der Waals surface area (Å²) in [5.41, 5.74) is 1.02. The van der Waals surface area contributed by atoms with Crippen LogP contribution in [0.3, 0.4) is 0 Å². The van der Waals surface area contributed by atoms with E-state index in [0.29, 0.717) is 5.15 Å². The van der Waals surface area contributed by atoms with Gasteiger partial charge in [-0.3, -0.25) is 0 Å². The van der Waals surface area contributed by atoms with Gasteiger partial charge in [-0.05, 0) is 38.0 Å². The molecule has 2 rings (SSSR count). The van der Waals surface area contributed by atoms with Crippen LogP contribution in [0.15, 0.2) is 0 Å². The van der Waals surface area contributed by atoms with Crippen molar-refractivity contribution in [1.29, 1.82) is 0 Å². The van der Waals surface area contributed by atoms with Crippen LogP contribution in [-0.4, -0.2) is 61.8 Å². The van der Waals surface area contributed by atoms with Crippen LogP contribution in [0.5, 0.6) is 0 Å². The molecule has 0 bridgehead atoms. The number of rotatable bonds is 7. The molecule has 0 unspecified atom stereocenters. The third-order valence-electron chi connectivity index (χ3n) is 3.48. The van der Waals surface area contributed by atoms with Gasteiger partial charge in [0.1, 0.15) is 11.0 Å². The van der Waals surface area contributed by atoms with Gasteiger partial charge in [0, 0.05) is 32.3 Å². The van der Waals surface area contributed by atoms with Gasteiger partial charge in [-0.2, -0.15) is 0 Å². The van der Waals surface area contributed by atoms with Crippen molar-refractivity contribution in [2.75, 3.05) is 51.8 Å². The topological polar surface area (TPSA) is 41.5 Å². The van der Waals surface area contributed by atoms with Crippen molar-refractivity contribution >= 4 is 29.0 Å². The van der Waals surface area contributed by atoms with Crippen molar-refractivity contribution in [2.24, 2.45) is 0 Å². The average Bonchev–Trinajstić information content (AvgIpc) is 2.80. The van der Waals surface area contributed by atoms with E-state index in [1.54, 1.807) is 7.11 Å². The Morgan fingerprint density at radius 2 is 2.10 bits per heavy atom. The maximum Gasteiger partial charge on any atom is 0.225 e. The lowest BCUT2D eigenvalue weighted by atomic mass is 10.3. The molecular formula is C13H20Cl2N4O. The third-order valence-corrected chi connectivity index (χ3v) is 3.97. The van der Waals surface area contributed by atoms with Crippen LogP contribution >= 0.6 is 23.2 Å². The van der Waals surface area contributed by atoms with Crippen LogP contribution in [0.4, 0.5) is 5.82 Å². The number of methoxy groups -OCH3 is 1. The van der Waals surface area contributed by atoms with Crippen LogP contribution in [0.25, 0.3) is 0 Å². The molecule has 0 N–H and O–H groups in total. The summed E-state index contributed by atoms with van der Waals surface area (Å²) in [6.45, 7) is 4.63. The number of hydrogen-bond acceptors (Lipinski definition) is 5. The molecule has 112 valence electrons. The molecule has 0 amide bonds. The molecule has 0 saturated carbocycles. The minimum Gasteiger partial charge on any atom is -0.383 e. The molecule has 20 heavy (non-hydrogen) atoms. The Kier molecular flexibility index (Phi) is 5.84. The normalized spacial score (nSPS) is 14.2. The lowest BCUT2D eigenvalue weighted by Crippen LogP contribution is -2.29. The molecule has 0 aromatic carbocycles. The quantitative estimate of drug-likeness (QED) is 0.569. The van der Waals surface area contributed by atoms with Gasteiger partial charge in [-0.25, -0.2) is 9.97 Å². The predicted molar refractivity (Wildman–Crippen MR) is 82.0 cm³/mol. The third kappa shape index (κ3) is 3.95. The number of anilines is 1. The van der Waals surface area contributed by atoms with E-state index in [-0.39, 0.29) is 5.28 Å². The number of halogens is 2. The highest BCUT2D eigenvalue weighted by Crippen LogP contribution is 2.31. The number of ether oxygens (including phenoxy) is 1. The Hall–Kier alpha value is -0.620. The number of hydrogen-bond donors (Lipinski definition) is 0. The summed E-state index contributed by atoms with van der Waals surface area (Å²) in [6, 6.07) is 0. The van der Waals surface area contributed by atoms with E-state index in [9.17, 15) is 0 Å². The van der Waals surface area contributed by atoms with Crippen LogP contribution in [0.2, 0.25) is 10.4 Å². The summed E-state index contributed by atoms with van der Waals surface area (Å²) < 4.78 is 5.07. The van der Waals surface area contributed by atoms with Crippen LogP contribution < -0.4 is 4.90 Å². The van der Waals surface area contributed by atoms with Crippen molar-refractivity contribution in [1.82, 2.24) is 14.9 Å². The smallest absolute Gasteiger partial charge is 0.225 e. The minimum atomic E-state index is 0.220. The summed E-state index contributed by atoms with van der Waals surface area (Å²) in [4.78, 5) is 12.8. The second-order valence-electron chi connectivity index (χ2n) is 4.97. The largest absolute Gasteiger partial charge is 0.383 e. The Bertz CT molecular complexity index is 458. The lowest BCUT2D eigenvalue weighted by molar-refractivity contribution is 0.161. The Morgan fingerprint density at radius 3 is 2.85 bits per heavy atom. The zero-order chi connectivity index (χ0) is 14.5. The second kappa shape index (κ2) is 7.41. The minimum absolute atomic E-state index is 0.220. The second-order valence-corrected chi connectivity index (χ2v) is 5.67. The van der Waals surface area contributed by atoms with Gasteiger partial charge >= 0.3 is 0 Å². The number of aromatic nitrogens is 2. The van der Waals surface area contributed by atoms with E-state index in [1.807, 2.05) is 0 Å². The van der Waals surface area contributed by atoms with Gasteiger partial charge < -0.3 is 14.5 Å². The average molecular weight is 319 g/mol. The van der Waals surface area contributed by atoms with Crippen molar-refractivity contribution in [2.45, 2.75) is 12.8 Å². The molecule has 0 fully saturated rings. The fraction of sp³-hybridized carbons (Fsp3) is 0.692. The number of nitrogens with zero attached hydrogens (tertiary/aromatic N) is 4. The summed E-state index contributed by atoms with van der Waals surface area (Å²) in [5, 5.41) is 0.706. The molecule has 7 heteroatoms. The first kappa shape index (κ1) is 15.8. The number of likely N-dealkylation sites (N-methyl/N-ethyl adjacent to an activating group) is 1. The van der Waals surface area contributed by atoms with E-state index in [2.05, 4.69) is 26.8 Å². The molecule has 1 aliphatic rings. The monoisotopic (exact) mass is 318 g/mol. The molecular weight excluding hydrogens is 299 g/mol. The van der Waals surface area contributed by atoms with Gasteiger partial charge in [0.05, 0.1) is 6.61 Å². The maximum absolute atomic E-state index is 6.10. The molecule has 2 heterocycles. The maximum atomic E-state index is 6.10. The molecule has 5 nitrogen and oxygen atoms in total. The number of fused-ring (bicyclic) bond motifs is 1. The summed E-state index contributed by atoms with van der Waals surface area (Å²) in [5.74, 6) is 0.898. The SMILES string of the molecule is COCCN(C)CCCN1CCc2c(Cl)nc(Cl)nc21. The highest BCUT2D eigenvalue weighted by atomic mass is 35.5. The van der Waals surface area contributed by atoms with E-state index < -0.39 is 0 Å². The molecule has 1 aliphatic heterocycles. The van der Waals surface area contributed by atoms with Gasteiger partial charge in [-0.15, -0.1) is 0 Å². The zero-order valence-electron chi connectivity index (χ0n) is 11.9. The van der Waals surface area contributed by atoms with Crippen LogP contribution in [-0.2, 0) is 11.2 Å². The summed E-state index contributed by atoms with van der Waals surface area (Å²) >= 11 is 12.0. The van der Waals surface area contributed by atoms with Crippen LogP contribution in [0.1, 0.15) is 12.0 Å². The molecule has 0 radical (unpaired) electrons. The summed E-state index contributed by atoms with van der Waals surface area (Å²) in [6.07, 6.45) is 1.96. The molecule has 0 aliphatic carbocycles. The first-order valence-electron chi connectivity index (χ1n) is 6.76. The van der Waals surface area contributed by atoms with Gasteiger partial charge in [0.25, 0.3) is 0 Å². The Balaban J connectivity index is 1.85. The fourth-order valence-electron chi connectivity index (χ4n) is 2.36.